The molecule has 0 saturated heterocycles. The molecule has 7 heteroatoms. The molecule has 2 rings (SSSR count). The maximum atomic E-state index is 12.0. The molecule has 0 unspecified atom stereocenters. The Labute approximate surface area is 142 Å². The van der Waals surface area contributed by atoms with Crippen LogP contribution in [0.2, 0.25) is 10.0 Å². The molecule has 2 aromatic rings. The number of thiophene rings is 1. The van der Waals surface area contributed by atoms with E-state index in [4.69, 9.17) is 23.2 Å². The van der Waals surface area contributed by atoms with E-state index in [0.29, 0.717) is 21.5 Å². The molecular weight excluding hydrogens is 343 g/mol. The molecule has 0 aliphatic rings. The van der Waals surface area contributed by atoms with Gasteiger partial charge in [-0.1, -0.05) is 35.3 Å². The molecule has 1 aromatic carbocycles. The first-order valence-electron chi connectivity index (χ1n) is 6.47. The van der Waals surface area contributed by atoms with E-state index in [1.54, 1.807) is 37.4 Å². The Morgan fingerprint density at radius 2 is 2.05 bits per heavy atom. The van der Waals surface area contributed by atoms with Gasteiger partial charge in [0.1, 0.15) is 0 Å². The lowest BCUT2D eigenvalue weighted by Gasteiger charge is -2.18. The van der Waals surface area contributed by atoms with E-state index in [1.807, 2.05) is 5.38 Å². The number of carbonyl (C=O) groups is 2. The van der Waals surface area contributed by atoms with Crippen LogP contribution in [0, 0.1) is 0 Å². The fourth-order valence-corrected chi connectivity index (χ4v) is 2.89. The summed E-state index contributed by atoms with van der Waals surface area (Å²) in [4.78, 5) is 25.9. The van der Waals surface area contributed by atoms with E-state index in [-0.39, 0.29) is 18.4 Å². The van der Waals surface area contributed by atoms with Crippen LogP contribution in [0.3, 0.4) is 0 Å². The monoisotopic (exact) mass is 356 g/mol. The molecule has 0 aliphatic heterocycles. The van der Waals surface area contributed by atoms with Crippen molar-refractivity contribution in [3.8, 4) is 0 Å². The predicted molar refractivity (Wildman–Crippen MR) is 89.6 cm³/mol. The number of carbonyl (C=O) groups excluding carboxylic acids is 2. The van der Waals surface area contributed by atoms with Gasteiger partial charge in [0.25, 0.3) is 5.91 Å². The molecule has 0 aliphatic carbocycles. The molecule has 1 heterocycles. The maximum absolute atomic E-state index is 12.0. The fraction of sp³-hybridized carbons (Fsp3) is 0.200. The smallest absolute Gasteiger partial charge is 0.261 e. The highest BCUT2D eigenvalue weighted by atomic mass is 35.5. The van der Waals surface area contributed by atoms with Gasteiger partial charge in [-0.2, -0.15) is 0 Å². The second-order valence-corrected chi connectivity index (χ2v) is 6.44. The third-order valence-electron chi connectivity index (χ3n) is 2.99. The quantitative estimate of drug-likeness (QED) is 0.891. The summed E-state index contributed by atoms with van der Waals surface area (Å²) < 4.78 is 0. The first-order chi connectivity index (χ1) is 10.5. The zero-order valence-electron chi connectivity index (χ0n) is 11.8. The van der Waals surface area contributed by atoms with E-state index in [0.717, 1.165) is 5.56 Å². The van der Waals surface area contributed by atoms with Crippen molar-refractivity contribution in [2.24, 2.45) is 0 Å². The number of rotatable bonds is 5. The van der Waals surface area contributed by atoms with Crippen molar-refractivity contribution in [3.05, 3.63) is 56.2 Å². The van der Waals surface area contributed by atoms with Crippen molar-refractivity contribution in [1.29, 1.82) is 0 Å². The first kappa shape index (κ1) is 16.8. The second kappa shape index (κ2) is 7.63. The van der Waals surface area contributed by atoms with Crippen molar-refractivity contribution in [2.45, 2.75) is 6.54 Å². The zero-order chi connectivity index (χ0) is 16.1. The number of likely N-dealkylation sites (N-methyl/N-ethyl adjacent to an activating group) is 1. The van der Waals surface area contributed by atoms with E-state index in [2.05, 4.69) is 5.32 Å². The minimum Gasteiger partial charge on any atom is -0.342 e. The lowest BCUT2D eigenvalue weighted by molar-refractivity contribution is -0.129. The number of amides is 2. The Balaban J connectivity index is 1.88. The normalized spacial score (nSPS) is 10.3. The molecule has 0 saturated carbocycles. The second-order valence-electron chi connectivity index (χ2n) is 4.65. The van der Waals surface area contributed by atoms with E-state index < -0.39 is 0 Å². The Hall–Kier alpha value is -1.56. The van der Waals surface area contributed by atoms with Gasteiger partial charge >= 0.3 is 0 Å². The average molecular weight is 357 g/mol. The number of benzene rings is 1. The topological polar surface area (TPSA) is 49.4 Å². The molecule has 4 nitrogen and oxygen atoms in total. The van der Waals surface area contributed by atoms with Crippen LogP contribution in [-0.2, 0) is 11.3 Å². The first-order valence-corrected chi connectivity index (χ1v) is 8.10. The summed E-state index contributed by atoms with van der Waals surface area (Å²) in [5.74, 6) is -0.447. The van der Waals surface area contributed by atoms with Gasteiger partial charge in [0.2, 0.25) is 5.91 Å². The van der Waals surface area contributed by atoms with Gasteiger partial charge in [0.15, 0.2) is 0 Å². The molecule has 0 radical (unpaired) electrons. The lowest BCUT2D eigenvalue weighted by Crippen LogP contribution is -2.37. The zero-order valence-corrected chi connectivity index (χ0v) is 14.1. The number of hydrogen-bond acceptors (Lipinski definition) is 3. The molecule has 0 atom stereocenters. The number of halogens is 2. The largest absolute Gasteiger partial charge is 0.342 e. The predicted octanol–water partition coefficient (Wildman–Crippen LogP) is 3.44. The highest BCUT2D eigenvalue weighted by molar-refractivity contribution is 7.12. The molecule has 0 fully saturated rings. The summed E-state index contributed by atoms with van der Waals surface area (Å²) in [6.45, 7) is 0.294. The highest BCUT2D eigenvalue weighted by Crippen LogP contribution is 2.21. The number of nitrogens with zero attached hydrogens (tertiary/aromatic N) is 1. The van der Waals surface area contributed by atoms with Gasteiger partial charge in [0.05, 0.1) is 11.4 Å². The van der Waals surface area contributed by atoms with Crippen LogP contribution in [0.4, 0.5) is 0 Å². The Morgan fingerprint density at radius 3 is 2.68 bits per heavy atom. The molecule has 1 aromatic heterocycles. The molecular formula is C15H14Cl2N2O2S. The minimum absolute atomic E-state index is 0.0571. The summed E-state index contributed by atoms with van der Waals surface area (Å²) in [5, 5.41) is 5.47. The van der Waals surface area contributed by atoms with Crippen LogP contribution in [-0.4, -0.2) is 30.3 Å². The third-order valence-corrected chi connectivity index (χ3v) is 4.45. The van der Waals surface area contributed by atoms with Gasteiger partial charge in [-0.05, 0) is 29.1 Å². The summed E-state index contributed by atoms with van der Waals surface area (Å²) in [6, 6.07) is 8.63. The molecule has 1 N–H and O–H groups in total. The molecule has 116 valence electrons. The average Bonchev–Trinajstić information content (AvgIpc) is 3.01. The van der Waals surface area contributed by atoms with Crippen molar-refractivity contribution >= 4 is 46.4 Å². The highest BCUT2D eigenvalue weighted by Gasteiger charge is 2.13. The van der Waals surface area contributed by atoms with Crippen LogP contribution in [0.1, 0.15) is 15.2 Å². The van der Waals surface area contributed by atoms with Gasteiger partial charge in [-0.3, -0.25) is 9.59 Å². The lowest BCUT2D eigenvalue weighted by atomic mass is 10.2. The summed E-state index contributed by atoms with van der Waals surface area (Å²) in [7, 11) is 1.66. The van der Waals surface area contributed by atoms with Crippen LogP contribution < -0.4 is 5.32 Å². The third kappa shape index (κ3) is 4.47. The fourth-order valence-electron chi connectivity index (χ4n) is 1.78. The molecule has 0 bridgehead atoms. The summed E-state index contributed by atoms with van der Waals surface area (Å²) in [6.07, 6.45) is 0. The van der Waals surface area contributed by atoms with Crippen molar-refractivity contribution in [3.63, 3.8) is 0 Å². The van der Waals surface area contributed by atoms with Crippen LogP contribution in [0.25, 0.3) is 0 Å². The van der Waals surface area contributed by atoms with Gasteiger partial charge in [0, 0.05) is 23.6 Å². The number of hydrogen-bond donors (Lipinski definition) is 1. The van der Waals surface area contributed by atoms with Crippen LogP contribution in [0.15, 0.2) is 35.7 Å². The van der Waals surface area contributed by atoms with Gasteiger partial charge < -0.3 is 10.2 Å². The van der Waals surface area contributed by atoms with Gasteiger partial charge in [-0.25, -0.2) is 0 Å². The maximum Gasteiger partial charge on any atom is 0.261 e. The van der Waals surface area contributed by atoms with E-state index >= 15 is 0 Å². The molecule has 22 heavy (non-hydrogen) atoms. The van der Waals surface area contributed by atoms with Crippen molar-refractivity contribution < 1.29 is 9.59 Å². The van der Waals surface area contributed by atoms with E-state index in [9.17, 15) is 9.59 Å². The Bertz CT molecular complexity index is 674. The summed E-state index contributed by atoms with van der Waals surface area (Å²) >= 11 is 13.3. The SMILES string of the molecule is CN(Cc1ccc(Cl)cc1Cl)C(=O)CNC(=O)c1cccs1. The van der Waals surface area contributed by atoms with Crippen LogP contribution in [0.5, 0.6) is 0 Å². The van der Waals surface area contributed by atoms with Gasteiger partial charge in [-0.15, -0.1) is 11.3 Å². The Kier molecular flexibility index (Phi) is 5.83. The number of nitrogens with one attached hydrogen (secondary N) is 1. The minimum atomic E-state index is -0.249. The molecule has 2 amide bonds. The molecule has 0 spiro atoms. The summed E-state index contributed by atoms with van der Waals surface area (Å²) in [5.41, 5.74) is 0.798. The standard InChI is InChI=1S/C15H14Cl2N2O2S/c1-19(9-10-4-5-11(16)7-12(10)17)14(20)8-18-15(21)13-3-2-6-22-13/h2-7H,8-9H2,1H3,(H,18,21). The van der Waals surface area contributed by atoms with E-state index in [1.165, 1.54) is 16.2 Å². The van der Waals surface area contributed by atoms with Crippen LogP contribution >= 0.6 is 34.5 Å². The van der Waals surface area contributed by atoms with Crippen molar-refractivity contribution in [1.82, 2.24) is 10.2 Å². The Morgan fingerprint density at radius 1 is 1.27 bits per heavy atom. The van der Waals surface area contributed by atoms with Crippen molar-refractivity contribution in [2.75, 3.05) is 13.6 Å².